The summed E-state index contributed by atoms with van der Waals surface area (Å²) in [7, 11) is 1.54. The zero-order valence-corrected chi connectivity index (χ0v) is 10.3. The summed E-state index contributed by atoms with van der Waals surface area (Å²) in [5, 5.41) is 0. The molecule has 4 heteroatoms. The van der Waals surface area contributed by atoms with E-state index in [2.05, 4.69) is 4.98 Å². The maximum Gasteiger partial charge on any atom is 0.180 e. The summed E-state index contributed by atoms with van der Waals surface area (Å²) in [4.78, 5) is 28.7. The fourth-order valence-corrected chi connectivity index (χ4v) is 2.29. The summed E-state index contributed by atoms with van der Waals surface area (Å²) >= 11 is 0. The van der Waals surface area contributed by atoms with Gasteiger partial charge in [-0.1, -0.05) is 24.3 Å². The monoisotopic (exact) mass is 253 g/mol. The van der Waals surface area contributed by atoms with Gasteiger partial charge in [0.15, 0.2) is 11.6 Å². The maximum absolute atomic E-state index is 12.3. The van der Waals surface area contributed by atoms with Crippen molar-refractivity contribution in [3.05, 3.63) is 59.4 Å². The maximum atomic E-state index is 12.3. The molecule has 0 saturated heterocycles. The van der Waals surface area contributed by atoms with Crippen molar-refractivity contribution in [1.82, 2.24) is 4.98 Å². The van der Waals surface area contributed by atoms with Crippen LogP contribution in [0, 0.1) is 0 Å². The van der Waals surface area contributed by atoms with Crippen LogP contribution in [-0.2, 0) is 0 Å². The Labute approximate surface area is 110 Å². The van der Waals surface area contributed by atoms with Crippen molar-refractivity contribution in [1.29, 1.82) is 0 Å². The zero-order chi connectivity index (χ0) is 13.4. The SMILES string of the molecule is COc1ccc(C2C(=O)c3ccccc3C2=O)nc1. The lowest BCUT2D eigenvalue weighted by Crippen LogP contribution is -2.14. The van der Waals surface area contributed by atoms with Gasteiger partial charge in [0.1, 0.15) is 11.7 Å². The minimum atomic E-state index is -0.816. The van der Waals surface area contributed by atoms with Gasteiger partial charge < -0.3 is 4.74 Å². The van der Waals surface area contributed by atoms with E-state index in [1.165, 1.54) is 6.20 Å². The molecular formula is C15H11NO3. The molecule has 0 aliphatic heterocycles. The van der Waals surface area contributed by atoms with Crippen molar-refractivity contribution in [2.24, 2.45) is 0 Å². The van der Waals surface area contributed by atoms with Crippen LogP contribution in [-0.4, -0.2) is 23.7 Å². The van der Waals surface area contributed by atoms with Crippen LogP contribution in [0.3, 0.4) is 0 Å². The Morgan fingerprint density at radius 2 is 1.63 bits per heavy atom. The number of hydrogen-bond acceptors (Lipinski definition) is 4. The van der Waals surface area contributed by atoms with E-state index in [0.29, 0.717) is 22.6 Å². The smallest absolute Gasteiger partial charge is 0.180 e. The molecule has 2 aromatic rings. The Bertz CT molecular complexity index is 626. The van der Waals surface area contributed by atoms with Crippen LogP contribution in [0.5, 0.6) is 5.75 Å². The van der Waals surface area contributed by atoms with Crippen LogP contribution < -0.4 is 4.74 Å². The van der Waals surface area contributed by atoms with E-state index in [1.54, 1.807) is 43.5 Å². The second-order valence-electron chi connectivity index (χ2n) is 4.33. The molecule has 0 amide bonds. The van der Waals surface area contributed by atoms with Crippen molar-refractivity contribution in [2.75, 3.05) is 7.11 Å². The molecule has 0 N–H and O–H groups in total. The first-order valence-electron chi connectivity index (χ1n) is 5.90. The molecule has 0 atom stereocenters. The van der Waals surface area contributed by atoms with Crippen molar-refractivity contribution in [3.8, 4) is 5.75 Å². The number of nitrogens with zero attached hydrogens (tertiary/aromatic N) is 1. The lowest BCUT2D eigenvalue weighted by atomic mass is 9.99. The molecule has 0 radical (unpaired) electrons. The third-order valence-electron chi connectivity index (χ3n) is 3.27. The topological polar surface area (TPSA) is 56.3 Å². The number of benzene rings is 1. The Kier molecular flexibility index (Phi) is 2.63. The Morgan fingerprint density at radius 1 is 1.00 bits per heavy atom. The van der Waals surface area contributed by atoms with E-state index < -0.39 is 5.92 Å². The number of Topliss-reactive ketones (excluding diaryl/α,β-unsaturated/α-hetero) is 2. The molecule has 0 saturated carbocycles. The number of rotatable bonds is 2. The quantitative estimate of drug-likeness (QED) is 0.770. The second-order valence-corrected chi connectivity index (χ2v) is 4.33. The Hall–Kier alpha value is -2.49. The minimum absolute atomic E-state index is 0.182. The van der Waals surface area contributed by atoms with E-state index in [1.807, 2.05) is 0 Å². The number of aromatic nitrogens is 1. The van der Waals surface area contributed by atoms with Gasteiger partial charge in [-0.05, 0) is 12.1 Å². The molecule has 3 rings (SSSR count). The van der Waals surface area contributed by atoms with Crippen molar-refractivity contribution in [2.45, 2.75) is 5.92 Å². The Morgan fingerprint density at radius 3 is 2.11 bits per heavy atom. The molecule has 0 fully saturated rings. The van der Waals surface area contributed by atoms with E-state index in [9.17, 15) is 9.59 Å². The van der Waals surface area contributed by atoms with Crippen LogP contribution in [0.2, 0.25) is 0 Å². The first kappa shape index (κ1) is 11.6. The third-order valence-corrected chi connectivity index (χ3v) is 3.27. The number of pyridine rings is 1. The van der Waals surface area contributed by atoms with Gasteiger partial charge in [0.2, 0.25) is 0 Å². The number of carbonyl (C=O) groups excluding carboxylic acids is 2. The number of ether oxygens (including phenoxy) is 1. The standard InChI is InChI=1S/C15H11NO3/c1-19-9-6-7-12(16-8-9)13-14(17)10-4-2-3-5-11(10)15(13)18/h2-8,13H,1H3. The number of methoxy groups -OCH3 is 1. The molecule has 1 aromatic carbocycles. The van der Waals surface area contributed by atoms with Gasteiger partial charge in [-0.25, -0.2) is 0 Å². The molecule has 94 valence electrons. The van der Waals surface area contributed by atoms with Gasteiger partial charge in [-0.15, -0.1) is 0 Å². The van der Waals surface area contributed by atoms with E-state index >= 15 is 0 Å². The largest absolute Gasteiger partial charge is 0.495 e. The molecule has 0 spiro atoms. The van der Waals surface area contributed by atoms with E-state index in [4.69, 9.17) is 4.74 Å². The van der Waals surface area contributed by atoms with Crippen molar-refractivity contribution >= 4 is 11.6 Å². The highest BCUT2D eigenvalue weighted by atomic mass is 16.5. The third kappa shape index (κ3) is 1.73. The molecule has 0 bridgehead atoms. The fourth-order valence-electron chi connectivity index (χ4n) is 2.29. The van der Waals surface area contributed by atoms with Gasteiger partial charge in [0.25, 0.3) is 0 Å². The zero-order valence-electron chi connectivity index (χ0n) is 10.3. The van der Waals surface area contributed by atoms with Crippen LogP contribution in [0.4, 0.5) is 0 Å². The number of fused-ring (bicyclic) bond motifs is 1. The summed E-state index contributed by atoms with van der Waals surface area (Å²) < 4.78 is 5.01. The van der Waals surface area contributed by atoms with Crippen LogP contribution >= 0.6 is 0 Å². The van der Waals surface area contributed by atoms with Gasteiger partial charge in [-0.2, -0.15) is 0 Å². The van der Waals surface area contributed by atoms with Gasteiger partial charge in [-0.3, -0.25) is 14.6 Å². The summed E-state index contributed by atoms with van der Waals surface area (Å²) in [6.07, 6.45) is 1.51. The van der Waals surface area contributed by atoms with Crippen LogP contribution in [0.1, 0.15) is 32.3 Å². The first-order valence-corrected chi connectivity index (χ1v) is 5.90. The second kappa shape index (κ2) is 4.31. The van der Waals surface area contributed by atoms with Crippen LogP contribution in [0.15, 0.2) is 42.6 Å². The predicted octanol–water partition coefficient (Wildman–Crippen LogP) is 2.25. The highest BCUT2D eigenvalue weighted by Crippen LogP contribution is 2.33. The minimum Gasteiger partial charge on any atom is -0.495 e. The van der Waals surface area contributed by atoms with E-state index in [-0.39, 0.29) is 11.6 Å². The lowest BCUT2D eigenvalue weighted by molar-refractivity contribution is 0.0888. The summed E-state index contributed by atoms with van der Waals surface area (Å²) in [5.74, 6) is -0.584. The lowest BCUT2D eigenvalue weighted by Gasteiger charge is -2.06. The fraction of sp³-hybridized carbons (Fsp3) is 0.133. The molecule has 0 unspecified atom stereocenters. The average Bonchev–Trinajstić information content (AvgIpc) is 2.72. The first-order chi connectivity index (χ1) is 9.22. The van der Waals surface area contributed by atoms with Gasteiger partial charge in [0, 0.05) is 11.1 Å². The molecule has 1 aliphatic carbocycles. The highest BCUT2D eigenvalue weighted by Gasteiger charge is 2.40. The van der Waals surface area contributed by atoms with Crippen LogP contribution in [0.25, 0.3) is 0 Å². The molecule has 1 aromatic heterocycles. The van der Waals surface area contributed by atoms with Gasteiger partial charge in [0.05, 0.1) is 19.0 Å². The molecule has 4 nitrogen and oxygen atoms in total. The molecule has 19 heavy (non-hydrogen) atoms. The van der Waals surface area contributed by atoms with Gasteiger partial charge >= 0.3 is 0 Å². The number of ketones is 2. The normalized spacial score (nSPS) is 14.6. The number of hydrogen-bond donors (Lipinski definition) is 0. The Balaban J connectivity index is 2.03. The predicted molar refractivity (Wildman–Crippen MR) is 68.6 cm³/mol. The summed E-state index contributed by atoms with van der Waals surface area (Å²) in [6.45, 7) is 0. The number of carbonyl (C=O) groups is 2. The molecular weight excluding hydrogens is 242 g/mol. The summed E-state index contributed by atoms with van der Waals surface area (Å²) in [5.41, 5.74) is 1.43. The molecule has 1 heterocycles. The molecule has 1 aliphatic rings. The van der Waals surface area contributed by atoms with Crippen molar-refractivity contribution in [3.63, 3.8) is 0 Å². The van der Waals surface area contributed by atoms with Crippen molar-refractivity contribution < 1.29 is 14.3 Å². The summed E-state index contributed by atoms with van der Waals surface area (Å²) in [6, 6.07) is 10.2. The highest BCUT2D eigenvalue weighted by molar-refractivity contribution is 6.29. The average molecular weight is 253 g/mol. The van der Waals surface area contributed by atoms with E-state index in [0.717, 1.165) is 0 Å².